The van der Waals surface area contributed by atoms with Crippen molar-refractivity contribution in [2.45, 2.75) is 6.42 Å². The second-order valence-corrected chi connectivity index (χ2v) is 4.17. The van der Waals surface area contributed by atoms with E-state index in [1.807, 2.05) is 9.80 Å². The fourth-order valence-corrected chi connectivity index (χ4v) is 1.80. The maximum atomic E-state index is 12.0. The molecule has 0 unspecified atom stereocenters. The topological polar surface area (TPSA) is 65.8 Å². The highest BCUT2D eigenvalue weighted by Gasteiger charge is 2.19. The van der Waals surface area contributed by atoms with Crippen LogP contribution in [0.5, 0.6) is 0 Å². The van der Waals surface area contributed by atoms with Gasteiger partial charge in [0, 0.05) is 39.7 Å². The second-order valence-electron chi connectivity index (χ2n) is 4.17. The molecule has 6 nitrogen and oxygen atoms in total. The third kappa shape index (κ3) is 5.45. The van der Waals surface area contributed by atoms with Crippen molar-refractivity contribution in [1.82, 2.24) is 9.80 Å². The van der Waals surface area contributed by atoms with Gasteiger partial charge in [-0.15, -0.1) is 0 Å². The predicted octanol–water partition coefficient (Wildman–Crippen LogP) is -0.293. The van der Waals surface area contributed by atoms with Crippen molar-refractivity contribution in [1.29, 1.82) is 5.26 Å². The van der Waals surface area contributed by atoms with Crippen LogP contribution in [0.2, 0.25) is 0 Å². The Morgan fingerprint density at radius 1 is 1.44 bits per heavy atom. The normalized spacial score (nSPS) is 15.7. The fraction of sp³-hybridized carbons (Fsp3) is 0.833. The molecule has 0 aliphatic carbocycles. The molecule has 0 aromatic rings. The monoisotopic (exact) mass is 255 g/mol. The van der Waals surface area contributed by atoms with Gasteiger partial charge in [-0.1, -0.05) is 0 Å². The number of methoxy groups -OCH3 is 1. The first kappa shape index (κ1) is 14.9. The van der Waals surface area contributed by atoms with Gasteiger partial charge in [0.25, 0.3) is 0 Å². The lowest BCUT2D eigenvalue weighted by Crippen LogP contribution is -2.46. The van der Waals surface area contributed by atoms with Gasteiger partial charge in [0.05, 0.1) is 32.4 Å². The van der Waals surface area contributed by atoms with Crippen molar-refractivity contribution in [3.05, 3.63) is 0 Å². The van der Waals surface area contributed by atoms with Gasteiger partial charge in [-0.2, -0.15) is 5.26 Å². The van der Waals surface area contributed by atoms with E-state index in [9.17, 15) is 4.79 Å². The number of hydrogen-bond donors (Lipinski definition) is 0. The van der Waals surface area contributed by atoms with E-state index < -0.39 is 0 Å². The molecule has 1 amide bonds. The molecule has 1 fully saturated rings. The van der Waals surface area contributed by atoms with E-state index >= 15 is 0 Å². The summed E-state index contributed by atoms with van der Waals surface area (Å²) < 4.78 is 10.2. The van der Waals surface area contributed by atoms with Crippen molar-refractivity contribution in [3.63, 3.8) is 0 Å². The minimum Gasteiger partial charge on any atom is -0.383 e. The highest BCUT2D eigenvalue weighted by molar-refractivity contribution is 5.78. The van der Waals surface area contributed by atoms with Gasteiger partial charge in [0.2, 0.25) is 5.91 Å². The standard InChI is InChI=1S/C12H21N3O3/c1-17-8-5-14(4-2-3-13)11-12(16)15-6-9-18-10-7-15/h2,4-11H2,1H3. The number of morpholine rings is 1. The Hall–Kier alpha value is -1.16. The Morgan fingerprint density at radius 2 is 2.17 bits per heavy atom. The van der Waals surface area contributed by atoms with E-state index in [0.29, 0.717) is 59.0 Å². The minimum absolute atomic E-state index is 0.104. The maximum Gasteiger partial charge on any atom is 0.236 e. The molecule has 102 valence electrons. The zero-order valence-electron chi connectivity index (χ0n) is 10.9. The SMILES string of the molecule is COCCN(CCC#N)CC(=O)N1CCOCC1. The van der Waals surface area contributed by atoms with Crippen LogP contribution in [0.25, 0.3) is 0 Å². The lowest BCUT2D eigenvalue weighted by molar-refractivity contribution is -0.136. The largest absolute Gasteiger partial charge is 0.383 e. The molecule has 0 saturated carbocycles. The smallest absolute Gasteiger partial charge is 0.236 e. The number of carbonyl (C=O) groups is 1. The van der Waals surface area contributed by atoms with E-state index in [2.05, 4.69) is 6.07 Å². The van der Waals surface area contributed by atoms with Crippen LogP contribution in [0.4, 0.5) is 0 Å². The molecule has 0 spiro atoms. The molecule has 1 rings (SSSR count). The number of carbonyl (C=O) groups excluding carboxylic acids is 1. The summed E-state index contributed by atoms with van der Waals surface area (Å²) in [6.45, 7) is 4.76. The van der Waals surface area contributed by atoms with Crippen molar-refractivity contribution < 1.29 is 14.3 Å². The van der Waals surface area contributed by atoms with E-state index in [0.717, 1.165) is 0 Å². The van der Waals surface area contributed by atoms with Crippen LogP contribution in [0.3, 0.4) is 0 Å². The maximum absolute atomic E-state index is 12.0. The van der Waals surface area contributed by atoms with E-state index in [-0.39, 0.29) is 5.91 Å². The summed E-state index contributed by atoms with van der Waals surface area (Å²) in [6, 6.07) is 2.10. The molecular formula is C12H21N3O3. The van der Waals surface area contributed by atoms with Crippen LogP contribution in [0.1, 0.15) is 6.42 Å². The molecule has 1 aliphatic rings. The Bertz CT molecular complexity index is 285. The summed E-state index contributed by atoms with van der Waals surface area (Å²) in [5.74, 6) is 0.104. The first-order valence-electron chi connectivity index (χ1n) is 6.21. The van der Waals surface area contributed by atoms with Gasteiger partial charge >= 0.3 is 0 Å². The number of amides is 1. The van der Waals surface area contributed by atoms with Gasteiger partial charge in [-0.05, 0) is 0 Å². The fourth-order valence-electron chi connectivity index (χ4n) is 1.80. The Morgan fingerprint density at radius 3 is 2.78 bits per heavy atom. The molecule has 1 saturated heterocycles. The van der Waals surface area contributed by atoms with E-state index in [1.54, 1.807) is 7.11 Å². The zero-order valence-corrected chi connectivity index (χ0v) is 10.9. The van der Waals surface area contributed by atoms with Crippen LogP contribution >= 0.6 is 0 Å². The summed E-state index contributed by atoms with van der Waals surface area (Å²) in [5.41, 5.74) is 0. The Kier molecular flexibility index (Phi) is 7.34. The summed E-state index contributed by atoms with van der Waals surface area (Å²) >= 11 is 0. The first-order chi connectivity index (χ1) is 8.77. The predicted molar refractivity (Wildman–Crippen MR) is 65.9 cm³/mol. The number of nitriles is 1. The molecule has 0 aromatic carbocycles. The summed E-state index contributed by atoms with van der Waals surface area (Å²) in [6.07, 6.45) is 0.431. The molecule has 6 heteroatoms. The highest BCUT2D eigenvalue weighted by atomic mass is 16.5. The van der Waals surface area contributed by atoms with Crippen molar-refractivity contribution >= 4 is 5.91 Å². The van der Waals surface area contributed by atoms with Gasteiger partial charge in [0.15, 0.2) is 0 Å². The molecular weight excluding hydrogens is 234 g/mol. The number of hydrogen-bond acceptors (Lipinski definition) is 5. The van der Waals surface area contributed by atoms with Crippen LogP contribution < -0.4 is 0 Å². The van der Waals surface area contributed by atoms with Gasteiger partial charge < -0.3 is 14.4 Å². The first-order valence-corrected chi connectivity index (χ1v) is 6.21. The molecule has 0 bridgehead atoms. The average molecular weight is 255 g/mol. The molecule has 18 heavy (non-hydrogen) atoms. The lowest BCUT2D eigenvalue weighted by Gasteiger charge is -2.29. The molecule has 0 radical (unpaired) electrons. The van der Waals surface area contributed by atoms with Crippen LogP contribution in [-0.2, 0) is 14.3 Å². The summed E-state index contributed by atoms with van der Waals surface area (Å²) in [4.78, 5) is 15.8. The second kappa shape index (κ2) is 8.86. The Labute approximate surface area is 108 Å². The number of ether oxygens (including phenoxy) is 2. The molecule has 0 atom stereocenters. The quantitative estimate of drug-likeness (QED) is 0.625. The van der Waals surface area contributed by atoms with Gasteiger partial charge in [0.1, 0.15) is 0 Å². The molecule has 1 aliphatic heterocycles. The third-order valence-electron chi connectivity index (χ3n) is 2.87. The van der Waals surface area contributed by atoms with Crippen molar-refractivity contribution in [2.24, 2.45) is 0 Å². The molecule has 0 aromatic heterocycles. The van der Waals surface area contributed by atoms with E-state index in [4.69, 9.17) is 14.7 Å². The van der Waals surface area contributed by atoms with E-state index in [1.165, 1.54) is 0 Å². The van der Waals surface area contributed by atoms with Crippen LogP contribution in [-0.4, -0.2) is 75.4 Å². The zero-order chi connectivity index (χ0) is 13.2. The molecule has 1 heterocycles. The van der Waals surface area contributed by atoms with Gasteiger partial charge in [-0.3, -0.25) is 9.69 Å². The highest BCUT2D eigenvalue weighted by Crippen LogP contribution is 2.00. The average Bonchev–Trinajstić information content (AvgIpc) is 2.42. The summed E-state index contributed by atoms with van der Waals surface area (Å²) in [7, 11) is 1.63. The Balaban J connectivity index is 2.37. The van der Waals surface area contributed by atoms with Crippen LogP contribution in [0.15, 0.2) is 0 Å². The minimum atomic E-state index is 0.104. The third-order valence-corrected chi connectivity index (χ3v) is 2.87. The van der Waals surface area contributed by atoms with Crippen LogP contribution in [0, 0.1) is 11.3 Å². The van der Waals surface area contributed by atoms with Crippen molar-refractivity contribution in [2.75, 3.05) is 59.7 Å². The number of rotatable bonds is 7. The summed E-state index contributed by atoms with van der Waals surface area (Å²) in [5, 5.41) is 8.60. The number of nitrogens with zero attached hydrogens (tertiary/aromatic N) is 3. The molecule has 0 N–H and O–H groups in total. The van der Waals surface area contributed by atoms with Crippen molar-refractivity contribution in [3.8, 4) is 6.07 Å². The lowest BCUT2D eigenvalue weighted by atomic mass is 10.3. The van der Waals surface area contributed by atoms with Gasteiger partial charge in [-0.25, -0.2) is 0 Å².